The van der Waals surface area contributed by atoms with Crippen molar-refractivity contribution in [2.75, 3.05) is 11.6 Å². The summed E-state index contributed by atoms with van der Waals surface area (Å²) in [5.74, 6) is -0.202. The lowest BCUT2D eigenvalue weighted by atomic mass is 10.2. The van der Waals surface area contributed by atoms with Gasteiger partial charge < -0.3 is 0 Å². The van der Waals surface area contributed by atoms with Crippen LogP contribution in [0, 0.1) is 0 Å². The van der Waals surface area contributed by atoms with E-state index in [1.54, 1.807) is 42.4 Å². The summed E-state index contributed by atoms with van der Waals surface area (Å²) >= 11 is 3.15. The van der Waals surface area contributed by atoms with Crippen LogP contribution >= 0.6 is 23.1 Å². The number of hydrogen-bond acceptors (Lipinski definition) is 6. The molecule has 0 radical (unpaired) electrons. The Labute approximate surface area is 146 Å². The number of thiazole rings is 1. The van der Waals surface area contributed by atoms with E-state index < -0.39 is 0 Å². The number of amides is 1. The molecule has 1 amide bonds. The third-order valence-corrected chi connectivity index (χ3v) is 5.21. The van der Waals surface area contributed by atoms with Gasteiger partial charge in [0.2, 0.25) is 0 Å². The summed E-state index contributed by atoms with van der Waals surface area (Å²) in [5, 5.41) is 3.45. The molecule has 0 saturated carbocycles. The Morgan fingerprint density at radius 3 is 2.67 bits per heavy atom. The molecule has 1 N–H and O–H groups in total. The van der Waals surface area contributed by atoms with Crippen molar-refractivity contribution in [3.05, 3.63) is 54.4 Å². The molecule has 5 nitrogen and oxygen atoms in total. The predicted molar refractivity (Wildman–Crippen MR) is 98.9 cm³/mol. The number of rotatable bonds is 3. The quantitative estimate of drug-likeness (QED) is 0.559. The van der Waals surface area contributed by atoms with E-state index >= 15 is 0 Å². The number of nitrogens with zero attached hydrogens (tertiary/aromatic N) is 3. The highest BCUT2D eigenvalue weighted by atomic mass is 32.2. The number of carbonyl (C=O) groups excluding carboxylic acids is 1. The van der Waals surface area contributed by atoms with Gasteiger partial charge in [0.15, 0.2) is 5.13 Å². The maximum atomic E-state index is 12.5. The van der Waals surface area contributed by atoms with Gasteiger partial charge >= 0.3 is 0 Å². The molecule has 4 aromatic rings. The van der Waals surface area contributed by atoms with Crippen LogP contribution in [0.25, 0.3) is 21.3 Å². The van der Waals surface area contributed by atoms with Gasteiger partial charge in [0.25, 0.3) is 5.91 Å². The van der Waals surface area contributed by atoms with E-state index in [1.165, 1.54) is 16.2 Å². The summed E-state index contributed by atoms with van der Waals surface area (Å²) < 4.78 is 1.06. The van der Waals surface area contributed by atoms with E-state index in [0.29, 0.717) is 16.2 Å². The van der Waals surface area contributed by atoms with E-state index in [2.05, 4.69) is 26.3 Å². The Bertz CT molecular complexity index is 1060. The standard InChI is InChI=1S/C17H12N4OS2/c1-23-11-3-5-13-15(9-11)24-17(20-13)21-16(22)10-2-4-12-14(8-10)19-7-6-18-12/h2-9H,1H3,(H,20,21,22). The topological polar surface area (TPSA) is 67.8 Å². The minimum atomic E-state index is -0.202. The molecule has 0 bridgehead atoms. The maximum Gasteiger partial charge on any atom is 0.257 e. The molecule has 0 atom stereocenters. The van der Waals surface area contributed by atoms with Crippen LogP contribution in [0.15, 0.2) is 53.7 Å². The molecule has 118 valence electrons. The van der Waals surface area contributed by atoms with Crippen LogP contribution < -0.4 is 5.32 Å². The van der Waals surface area contributed by atoms with E-state index in [-0.39, 0.29) is 5.91 Å². The van der Waals surface area contributed by atoms with Crippen LogP contribution in [0.3, 0.4) is 0 Å². The molecule has 0 aliphatic rings. The zero-order valence-electron chi connectivity index (χ0n) is 12.7. The van der Waals surface area contributed by atoms with Gasteiger partial charge in [-0.2, -0.15) is 0 Å². The van der Waals surface area contributed by atoms with Crippen molar-refractivity contribution in [3.8, 4) is 0 Å². The molecule has 0 unspecified atom stereocenters. The molecule has 7 heteroatoms. The third-order valence-electron chi connectivity index (χ3n) is 3.55. The molecule has 2 heterocycles. The predicted octanol–water partition coefficient (Wildman–Crippen LogP) is 4.21. The second-order valence-electron chi connectivity index (χ2n) is 5.07. The highest BCUT2D eigenvalue weighted by Crippen LogP contribution is 2.29. The Morgan fingerprint density at radius 1 is 1.04 bits per heavy atom. The first kappa shape index (κ1) is 15.0. The molecule has 2 aromatic heterocycles. The molecule has 0 fully saturated rings. The largest absolute Gasteiger partial charge is 0.298 e. The van der Waals surface area contributed by atoms with Crippen LogP contribution in [0.5, 0.6) is 0 Å². The van der Waals surface area contributed by atoms with Gasteiger partial charge in [0.1, 0.15) is 0 Å². The number of thioether (sulfide) groups is 1. The van der Waals surface area contributed by atoms with Gasteiger partial charge in [-0.3, -0.25) is 20.1 Å². The molecule has 24 heavy (non-hydrogen) atoms. The van der Waals surface area contributed by atoms with Gasteiger partial charge in [-0.25, -0.2) is 4.98 Å². The van der Waals surface area contributed by atoms with Gasteiger partial charge in [-0.05, 0) is 42.7 Å². The summed E-state index contributed by atoms with van der Waals surface area (Å²) in [4.78, 5) is 26.5. The van der Waals surface area contributed by atoms with Crippen LogP contribution in [0.2, 0.25) is 0 Å². The molecular formula is C17H12N4OS2. The normalized spacial score (nSPS) is 11.0. The molecule has 0 aliphatic carbocycles. The molecule has 0 spiro atoms. The van der Waals surface area contributed by atoms with Gasteiger partial charge in [0, 0.05) is 22.9 Å². The second-order valence-corrected chi connectivity index (χ2v) is 6.98. The minimum absolute atomic E-state index is 0.202. The lowest BCUT2D eigenvalue weighted by molar-refractivity contribution is 0.102. The van der Waals surface area contributed by atoms with Crippen molar-refractivity contribution in [2.24, 2.45) is 0 Å². The maximum absolute atomic E-state index is 12.5. The molecule has 2 aromatic carbocycles. The highest BCUT2D eigenvalue weighted by Gasteiger charge is 2.11. The number of nitrogens with one attached hydrogen (secondary N) is 1. The fraction of sp³-hybridized carbons (Fsp3) is 0.0588. The average molecular weight is 352 g/mol. The van der Waals surface area contributed by atoms with Crippen molar-refractivity contribution >= 4 is 55.4 Å². The second kappa shape index (κ2) is 6.18. The van der Waals surface area contributed by atoms with Gasteiger partial charge in [0.05, 0.1) is 21.3 Å². The van der Waals surface area contributed by atoms with Crippen LogP contribution in [-0.4, -0.2) is 27.1 Å². The van der Waals surface area contributed by atoms with E-state index in [9.17, 15) is 4.79 Å². The first-order valence-electron chi connectivity index (χ1n) is 7.19. The Hall–Kier alpha value is -2.51. The smallest absolute Gasteiger partial charge is 0.257 e. The number of benzene rings is 2. The Kier molecular flexibility index (Phi) is 3.87. The lowest BCUT2D eigenvalue weighted by Crippen LogP contribution is -2.11. The number of hydrogen-bond donors (Lipinski definition) is 1. The Morgan fingerprint density at radius 2 is 1.83 bits per heavy atom. The highest BCUT2D eigenvalue weighted by molar-refractivity contribution is 7.98. The van der Waals surface area contributed by atoms with Crippen molar-refractivity contribution in [2.45, 2.75) is 4.90 Å². The van der Waals surface area contributed by atoms with Crippen molar-refractivity contribution in [1.82, 2.24) is 15.0 Å². The zero-order chi connectivity index (χ0) is 16.5. The van der Waals surface area contributed by atoms with Crippen LogP contribution in [0.1, 0.15) is 10.4 Å². The monoisotopic (exact) mass is 352 g/mol. The summed E-state index contributed by atoms with van der Waals surface area (Å²) in [6.45, 7) is 0. The Balaban J connectivity index is 1.62. The summed E-state index contributed by atoms with van der Waals surface area (Å²) in [5.41, 5.74) is 2.88. The first-order valence-corrected chi connectivity index (χ1v) is 9.24. The fourth-order valence-electron chi connectivity index (χ4n) is 2.36. The summed E-state index contributed by atoms with van der Waals surface area (Å²) in [6, 6.07) is 11.3. The molecular weight excluding hydrogens is 340 g/mol. The lowest BCUT2D eigenvalue weighted by Gasteiger charge is -2.02. The average Bonchev–Trinajstić information content (AvgIpc) is 3.02. The minimum Gasteiger partial charge on any atom is -0.298 e. The fourth-order valence-corrected chi connectivity index (χ4v) is 3.77. The molecule has 0 saturated heterocycles. The summed E-state index contributed by atoms with van der Waals surface area (Å²) in [6.07, 6.45) is 5.28. The van der Waals surface area contributed by atoms with Crippen LogP contribution in [-0.2, 0) is 0 Å². The zero-order valence-corrected chi connectivity index (χ0v) is 14.3. The number of carbonyl (C=O) groups is 1. The van der Waals surface area contributed by atoms with E-state index in [4.69, 9.17) is 0 Å². The molecule has 0 aliphatic heterocycles. The summed E-state index contributed by atoms with van der Waals surface area (Å²) in [7, 11) is 0. The van der Waals surface area contributed by atoms with E-state index in [1.807, 2.05) is 18.4 Å². The van der Waals surface area contributed by atoms with Crippen molar-refractivity contribution in [1.29, 1.82) is 0 Å². The van der Waals surface area contributed by atoms with Crippen LogP contribution in [0.4, 0.5) is 5.13 Å². The number of fused-ring (bicyclic) bond motifs is 2. The van der Waals surface area contributed by atoms with E-state index in [0.717, 1.165) is 15.7 Å². The van der Waals surface area contributed by atoms with Crippen molar-refractivity contribution in [3.63, 3.8) is 0 Å². The third kappa shape index (κ3) is 2.83. The first-order chi connectivity index (χ1) is 11.7. The van der Waals surface area contributed by atoms with Gasteiger partial charge in [-0.1, -0.05) is 11.3 Å². The van der Waals surface area contributed by atoms with Gasteiger partial charge in [-0.15, -0.1) is 11.8 Å². The number of anilines is 1. The SMILES string of the molecule is CSc1ccc2nc(NC(=O)c3ccc4nccnc4c3)sc2c1. The molecule has 4 rings (SSSR count). The van der Waals surface area contributed by atoms with Crippen molar-refractivity contribution < 1.29 is 4.79 Å². The number of aromatic nitrogens is 3.